The molecule has 0 atom stereocenters. The largest absolute Gasteiger partial charge is 0.493 e. The molecule has 0 aliphatic rings. The van der Waals surface area contributed by atoms with Gasteiger partial charge in [0, 0.05) is 0 Å². The van der Waals surface area contributed by atoms with Crippen LogP contribution in [0.15, 0.2) is 39.9 Å². The Bertz CT molecular complexity index is 866. The molecular weight excluding hydrogens is 424 g/mol. The van der Waals surface area contributed by atoms with E-state index in [2.05, 4.69) is 40.3 Å². The van der Waals surface area contributed by atoms with E-state index >= 15 is 0 Å². The third-order valence-electron chi connectivity index (χ3n) is 4.09. The monoisotopic (exact) mass is 448 g/mol. The highest BCUT2D eigenvalue weighted by Gasteiger charge is 2.10. The van der Waals surface area contributed by atoms with Gasteiger partial charge in [-0.25, -0.2) is 5.43 Å². The molecule has 2 aromatic carbocycles. The number of ether oxygens (including phenoxy) is 3. The molecular formula is C21H25BrN2O4. The second kappa shape index (κ2) is 10.1. The zero-order valence-electron chi connectivity index (χ0n) is 16.7. The van der Waals surface area contributed by atoms with Crippen molar-refractivity contribution >= 4 is 28.1 Å². The number of halogens is 1. The molecule has 0 aliphatic carbocycles. The minimum absolute atomic E-state index is 0.118. The quantitative estimate of drug-likeness (QED) is 0.478. The molecule has 2 aromatic rings. The summed E-state index contributed by atoms with van der Waals surface area (Å²) in [5.74, 6) is 1.92. The molecule has 28 heavy (non-hydrogen) atoms. The SMILES string of the molecule is COc1cc(/C=N/NC(=O)COc2ccc(C(C)C)c(C)c2)cc(Br)c1OC. The molecule has 0 unspecified atom stereocenters. The van der Waals surface area contributed by atoms with Crippen molar-refractivity contribution in [3.8, 4) is 17.2 Å². The van der Waals surface area contributed by atoms with Gasteiger partial charge in [-0.15, -0.1) is 0 Å². The Balaban J connectivity index is 1.92. The van der Waals surface area contributed by atoms with E-state index < -0.39 is 0 Å². The Morgan fingerprint density at radius 1 is 1.21 bits per heavy atom. The normalized spacial score (nSPS) is 11.0. The van der Waals surface area contributed by atoms with Gasteiger partial charge in [-0.3, -0.25) is 4.79 Å². The van der Waals surface area contributed by atoms with Crippen LogP contribution in [0.3, 0.4) is 0 Å². The van der Waals surface area contributed by atoms with Crippen LogP contribution < -0.4 is 19.6 Å². The zero-order valence-corrected chi connectivity index (χ0v) is 18.3. The predicted octanol–water partition coefficient (Wildman–Crippen LogP) is 4.43. The number of aryl methyl sites for hydroxylation is 1. The molecule has 7 heteroatoms. The number of methoxy groups -OCH3 is 2. The van der Waals surface area contributed by atoms with Crippen LogP contribution in [0.25, 0.3) is 0 Å². The number of nitrogens with one attached hydrogen (secondary N) is 1. The van der Waals surface area contributed by atoms with E-state index in [0.29, 0.717) is 23.2 Å². The number of amides is 1. The maximum Gasteiger partial charge on any atom is 0.277 e. The van der Waals surface area contributed by atoms with Crippen LogP contribution in [0.4, 0.5) is 0 Å². The molecule has 1 N–H and O–H groups in total. The Morgan fingerprint density at radius 3 is 2.57 bits per heavy atom. The fraction of sp³-hybridized carbons (Fsp3) is 0.333. The Morgan fingerprint density at radius 2 is 1.96 bits per heavy atom. The summed E-state index contributed by atoms with van der Waals surface area (Å²) in [7, 11) is 3.12. The van der Waals surface area contributed by atoms with Crippen LogP contribution in [-0.4, -0.2) is 32.9 Å². The van der Waals surface area contributed by atoms with Crippen molar-refractivity contribution in [1.82, 2.24) is 5.43 Å². The van der Waals surface area contributed by atoms with Crippen LogP contribution in [0, 0.1) is 6.92 Å². The number of carbonyl (C=O) groups is 1. The lowest BCUT2D eigenvalue weighted by molar-refractivity contribution is -0.123. The van der Waals surface area contributed by atoms with E-state index in [-0.39, 0.29) is 12.5 Å². The Labute approximate surface area is 174 Å². The van der Waals surface area contributed by atoms with Crippen molar-refractivity contribution < 1.29 is 19.0 Å². The maximum absolute atomic E-state index is 12.0. The molecule has 0 heterocycles. The van der Waals surface area contributed by atoms with E-state index in [0.717, 1.165) is 15.6 Å². The highest BCUT2D eigenvalue weighted by Crippen LogP contribution is 2.35. The van der Waals surface area contributed by atoms with Crippen LogP contribution in [0.1, 0.15) is 36.5 Å². The highest BCUT2D eigenvalue weighted by atomic mass is 79.9. The first-order valence-electron chi connectivity index (χ1n) is 8.82. The first-order chi connectivity index (χ1) is 13.3. The highest BCUT2D eigenvalue weighted by molar-refractivity contribution is 9.10. The van der Waals surface area contributed by atoms with Gasteiger partial charge < -0.3 is 14.2 Å². The molecule has 6 nitrogen and oxygen atoms in total. The number of nitrogens with zero attached hydrogens (tertiary/aromatic N) is 1. The van der Waals surface area contributed by atoms with E-state index in [9.17, 15) is 4.79 Å². The van der Waals surface area contributed by atoms with Crippen molar-refractivity contribution in [2.45, 2.75) is 26.7 Å². The van der Waals surface area contributed by atoms with Gasteiger partial charge in [-0.2, -0.15) is 5.10 Å². The van der Waals surface area contributed by atoms with Crippen molar-refractivity contribution in [2.24, 2.45) is 5.10 Å². The first kappa shape index (κ1) is 21.8. The summed E-state index contributed by atoms with van der Waals surface area (Å²) < 4.78 is 16.8. The van der Waals surface area contributed by atoms with Crippen molar-refractivity contribution in [3.63, 3.8) is 0 Å². The van der Waals surface area contributed by atoms with Crippen molar-refractivity contribution in [2.75, 3.05) is 20.8 Å². The Kier molecular flexibility index (Phi) is 7.87. The van der Waals surface area contributed by atoms with E-state index in [1.165, 1.54) is 11.8 Å². The minimum Gasteiger partial charge on any atom is -0.493 e. The summed E-state index contributed by atoms with van der Waals surface area (Å²) in [5, 5.41) is 3.96. The zero-order chi connectivity index (χ0) is 20.7. The molecule has 0 spiro atoms. The maximum atomic E-state index is 12.0. The number of benzene rings is 2. The summed E-state index contributed by atoms with van der Waals surface area (Å²) in [6.45, 7) is 6.21. The van der Waals surface area contributed by atoms with E-state index in [1.54, 1.807) is 20.3 Å². The molecule has 0 radical (unpaired) electrons. The summed E-state index contributed by atoms with van der Waals surface area (Å²) in [6.07, 6.45) is 1.52. The number of rotatable bonds is 8. The summed E-state index contributed by atoms with van der Waals surface area (Å²) in [4.78, 5) is 12.0. The summed E-state index contributed by atoms with van der Waals surface area (Å²) in [5.41, 5.74) is 5.60. The van der Waals surface area contributed by atoms with Gasteiger partial charge in [0.05, 0.1) is 24.9 Å². The molecule has 0 aromatic heterocycles. The van der Waals surface area contributed by atoms with Gasteiger partial charge in [-0.05, 0) is 69.7 Å². The van der Waals surface area contributed by atoms with Crippen LogP contribution in [0.5, 0.6) is 17.2 Å². The van der Waals surface area contributed by atoms with Crippen LogP contribution in [-0.2, 0) is 4.79 Å². The van der Waals surface area contributed by atoms with Crippen LogP contribution >= 0.6 is 15.9 Å². The molecule has 0 saturated carbocycles. The molecule has 0 fully saturated rings. The molecule has 0 saturated heterocycles. The topological polar surface area (TPSA) is 69.2 Å². The number of hydrazone groups is 1. The predicted molar refractivity (Wildman–Crippen MR) is 114 cm³/mol. The first-order valence-corrected chi connectivity index (χ1v) is 9.61. The van der Waals surface area contributed by atoms with Gasteiger partial charge in [0.25, 0.3) is 5.91 Å². The van der Waals surface area contributed by atoms with Crippen LogP contribution in [0.2, 0.25) is 0 Å². The average molecular weight is 449 g/mol. The average Bonchev–Trinajstić information content (AvgIpc) is 2.65. The number of hydrogen-bond donors (Lipinski definition) is 1. The van der Waals surface area contributed by atoms with Gasteiger partial charge in [0.15, 0.2) is 18.1 Å². The van der Waals surface area contributed by atoms with Gasteiger partial charge in [0.2, 0.25) is 0 Å². The molecule has 1 amide bonds. The van der Waals surface area contributed by atoms with Crippen molar-refractivity contribution in [3.05, 3.63) is 51.5 Å². The lowest BCUT2D eigenvalue weighted by Crippen LogP contribution is -2.24. The standard InChI is InChI=1S/C21H25BrN2O4/c1-13(2)17-7-6-16(8-14(17)3)28-12-20(25)24-23-11-15-9-18(22)21(27-5)19(10-15)26-4/h6-11,13H,12H2,1-5H3,(H,24,25)/b23-11+. The van der Waals surface area contributed by atoms with Gasteiger partial charge in [0.1, 0.15) is 5.75 Å². The third kappa shape index (κ3) is 5.73. The number of hydrogen-bond acceptors (Lipinski definition) is 5. The fourth-order valence-corrected chi connectivity index (χ4v) is 3.38. The fourth-order valence-electron chi connectivity index (χ4n) is 2.76. The lowest BCUT2D eigenvalue weighted by Gasteiger charge is -2.12. The molecule has 0 aliphatic heterocycles. The molecule has 0 bridgehead atoms. The summed E-state index contributed by atoms with van der Waals surface area (Å²) in [6, 6.07) is 9.41. The van der Waals surface area contributed by atoms with Gasteiger partial charge >= 0.3 is 0 Å². The van der Waals surface area contributed by atoms with E-state index in [1.807, 2.05) is 31.2 Å². The lowest BCUT2D eigenvalue weighted by atomic mass is 9.98. The number of carbonyl (C=O) groups excluding carboxylic acids is 1. The second-order valence-electron chi connectivity index (χ2n) is 6.49. The smallest absolute Gasteiger partial charge is 0.277 e. The van der Waals surface area contributed by atoms with Crippen molar-refractivity contribution in [1.29, 1.82) is 0 Å². The summed E-state index contributed by atoms with van der Waals surface area (Å²) >= 11 is 3.42. The second-order valence-corrected chi connectivity index (χ2v) is 7.35. The van der Waals surface area contributed by atoms with Gasteiger partial charge in [-0.1, -0.05) is 19.9 Å². The molecule has 2 rings (SSSR count). The minimum atomic E-state index is -0.346. The third-order valence-corrected chi connectivity index (χ3v) is 4.68. The molecule has 150 valence electrons. The Hall–Kier alpha value is -2.54. The van der Waals surface area contributed by atoms with E-state index in [4.69, 9.17) is 14.2 Å².